The second kappa shape index (κ2) is 6.55. The third-order valence-electron chi connectivity index (χ3n) is 2.61. The molecule has 1 aliphatic heterocycles. The van der Waals surface area contributed by atoms with Crippen LogP contribution in [0.5, 0.6) is 0 Å². The van der Waals surface area contributed by atoms with Crippen molar-refractivity contribution in [1.29, 1.82) is 0 Å². The monoisotopic (exact) mass is 321 g/mol. The van der Waals surface area contributed by atoms with E-state index in [4.69, 9.17) is 5.73 Å². The average Bonchev–Trinajstić information content (AvgIpc) is 2.76. The summed E-state index contributed by atoms with van der Waals surface area (Å²) in [5, 5.41) is 2.64. The summed E-state index contributed by atoms with van der Waals surface area (Å²) in [6.45, 7) is 7.90. The zero-order valence-electron chi connectivity index (χ0n) is 11.4. The van der Waals surface area contributed by atoms with Crippen molar-refractivity contribution in [3.05, 3.63) is 0 Å². The number of rotatable bonds is 4. The number of likely N-dealkylation sites (tertiary alicyclic amines) is 1. The van der Waals surface area contributed by atoms with Crippen molar-refractivity contribution in [1.82, 2.24) is 10.2 Å². The van der Waals surface area contributed by atoms with E-state index in [1.54, 1.807) is 4.90 Å². The Morgan fingerprint density at radius 3 is 2.39 bits per heavy atom. The summed E-state index contributed by atoms with van der Waals surface area (Å²) in [7, 11) is 0. The van der Waals surface area contributed by atoms with E-state index in [0.29, 0.717) is 0 Å². The van der Waals surface area contributed by atoms with Crippen molar-refractivity contribution in [2.75, 3.05) is 19.6 Å². The zero-order chi connectivity index (χ0) is 13.8. The maximum atomic E-state index is 11.7. The van der Waals surface area contributed by atoms with Crippen molar-refractivity contribution in [3.63, 3.8) is 0 Å². The van der Waals surface area contributed by atoms with Gasteiger partial charge in [-0.05, 0) is 0 Å². The molecule has 3 N–H and O–H groups in total. The number of carbonyl (C=O) groups excluding carboxylic acids is 2. The van der Waals surface area contributed by atoms with Crippen LogP contribution in [0.4, 0.5) is 0 Å². The van der Waals surface area contributed by atoms with Gasteiger partial charge >= 0.3 is 115 Å². The quantitative estimate of drug-likeness (QED) is 0.712. The standard InChI is InChI=1S/C12H23N3O2Se/c1-12(2,3)18-10(13)11(17)14-8-9(16)15-6-4-5-7-15/h10H,4-8,13H2,1-3H3,(H,14,17)/t10-/m0/s1. The zero-order valence-corrected chi connectivity index (χ0v) is 13.1. The number of hydrogen-bond acceptors (Lipinski definition) is 3. The first-order valence-corrected chi connectivity index (χ1v) is 8.13. The van der Waals surface area contributed by atoms with Gasteiger partial charge in [-0.1, -0.05) is 0 Å². The molecule has 0 saturated carbocycles. The molecule has 6 heteroatoms. The molecule has 0 aromatic carbocycles. The Hall–Kier alpha value is -0.581. The Balaban J connectivity index is 2.29. The summed E-state index contributed by atoms with van der Waals surface area (Å²) in [5.74, 6) is -0.214. The number of nitrogens with two attached hydrogens (primary N) is 1. The minimum atomic E-state index is -0.483. The molecule has 1 aliphatic rings. The normalized spacial score (nSPS) is 17.7. The van der Waals surface area contributed by atoms with Gasteiger partial charge in [0.1, 0.15) is 0 Å². The molecule has 1 atom stereocenters. The van der Waals surface area contributed by atoms with Crippen LogP contribution in [0, 0.1) is 0 Å². The van der Waals surface area contributed by atoms with Gasteiger partial charge in [0.05, 0.1) is 0 Å². The number of hydrogen-bond donors (Lipinski definition) is 2. The fourth-order valence-electron chi connectivity index (χ4n) is 1.78. The SMILES string of the molecule is CC(C)(C)[Se][C@H](N)C(=O)NCC(=O)N1CCCC1. The molecule has 0 bridgehead atoms. The van der Waals surface area contributed by atoms with Crippen LogP contribution in [0.1, 0.15) is 33.6 Å². The Morgan fingerprint density at radius 1 is 1.33 bits per heavy atom. The van der Waals surface area contributed by atoms with Crippen LogP contribution in [0.15, 0.2) is 0 Å². The molecule has 104 valence electrons. The van der Waals surface area contributed by atoms with Gasteiger partial charge in [-0.2, -0.15) is 0 Å². The van der Waals surface area contributed by atoms with Crippen LogP contribution in [-0.4, -0.2) is 56.2 Å². The van der Waals surface area contributed by atoms with E-state index in [9.17, 15) is 9.59 Å². The molecule has 18 heavy (non-hydrogen) atoms. The van der Waals surface area contributed by atoms with E-state index in [1.807, 2.05) is 0 Å². The topological polar surface area (TPSA) is 75.4 Å². The van der Waals surface area contributed by atoms with E-state index in [0.717, 1.165) is 25.9 Å². The van der Waals surface area contributed by atoms with Gasteiger partial charge in [0, 0.05) is 0 Å². The Morgan fingerprint density at radius 2 is 1.89 bits per heavy atom. The predicted molar refractivity (Wildman–Crippen MR) is 72.3 cm³/mol. The number of nitrogens with zero attached hydrogens (tertiary/aromatic N) is 1. The fraction of sp³-hybridized carbons (Fsp3) is 0.833. The van der Waals surface area contributed by atoms with Gasteiger partial charge in [0.2, 0.25) is 0 Å². The molecule has 0 aromatic heterocycles. The number of amides is 2. The van der Waals surface area contributed by atoms with Crippen LogP contribution in [0.2, 0.25) is 4.31 Å². The van der Waals surface area contributed by atoms with E-state index < -0.39 is 4.94 Å². The van der Waals surface area contributed by atoms with Gasteiger partial charge in [-0.3, -0.25) is 0 Å². The van der Waals surface area contributed by atoms with E-state index in [-0.39, 0.29) is 37.6 Å². The van der Waals surface area contributed by atoms with Gasteiger partial charge in [0.15, 0.2) is 0 Å². The number of carbonyl (C=O) groups is 2. The predicted octanol–water partition coefficient (Wildman–Crippen LogP) is -0.0676. The van der Waals surface area contributed by atoms with Gasteiger partial charge < -0.3 is 0 Å². The Kier molecular flexibility index (Phi) is 5.63. The fourth-order valence-corrected chi connectivity index (χ4v) is 3.77. The minimum absolute atomic E-state index is 0.00342. The summed E-state index contributed by atoms with van der Waals surface area (Å²) < 4.78 is 0.0721. The molecular weight excluding hydrogens is 297 g/mol. The third kappa shape index (κ3) is 5.38. The van der Waals surface area contributed by atoms with Crippen molar-refractivity contribution in [3.8, 4) is 0 Å². The molecule has 1 fully saturated rings. The molecule has 0 aromatic rings. The number of nitrogens with one attached hydrogen (secondary N) is 1. The summed E-state index contributed by atoms with van der Waals surface area (Å²) in [6, 6.07) is 0. The van der Waals surface area contributed by atoms with Crippen LogP contribution < -0.4 is 11.1 Å². The maximum absolute atomic E-state index is 11.7. The average molecular weight is 320 g/mol. The second-order valence-electron chi connectivity index (χ2n) is 5.46. The van der Waals surface area contributed by atoms with Crippen molar-refractivity contribution in [2.45, 2.75) is 42.9 Å². The van der Waals surface area contributed by atoms with E-state index in [1.165, 1.54) is 0 Å². The second-order valence-corrected chi connectivity index (χ2v) is 9.59. The Bertz CT molecular complexity index is 309. The van der Waals surface area contributed by atoms with Gasteiger partial charge in [-0.25, -0.2) is 0 Å². The summed E-state index contributed by atoms with van der Waals surface area (Å²) in [5.41, 5.74) is 5.83. The molecule has 0 unspecified atom stereocenters. The molecular formula is C12H23N3O2Se. The molecule has 0 radical (unpaired) electrons. The first-order valence-electron chi connectivity index (χ1n) is 6.28. The molecule has 1 saturated heterocycles. The third-order valence-corrected chi connectivity index (χ3v) is 5.08. The van der Waals surface area contributed by atoms with Crippen LogP contribution >= 0.6 is 0 Å². The van der Waals surface area contributed by atoms with Gasteiger partial charge in [0.25, 0.3) is 0 Å². The van der Waals surface area contributed by atoms with E-state index >= 15 is 0 Å². The van der Waals surface area contributed by atoms with E-state index in [2.05, 4.69) is 26.1 Å². The molecule has 2 amide bonds. The van der Waals surface area contributed by atoms with Crippen molar-refractivity contribution >= 4 is 26.8 Å². The summed E-state index contributed by atoms with van der Waals surface area (Å²) >= 11 is 0.0216. The first-order chi connectivity index (χ1) is 8.29. The first kappa shape index (κ1) is 15.5. The van der Waals surface area contributed by atoms with Crippen LogP contribution in [0.25, 0.3) is 0 Å². The molecule has 0 aliphatic carbocycles. The van der Waals surface area contributed by atoms with Gasteiger partial charge in [-0.15, -0.1) is 0 Å². The summed E-state index contributed by atoms with van der Waals surface area (Å²) in [6.07, 6.45) is 2.12. The molecule has 1 heterocycles. The summed E-state index contributed by atoms with van der Waals surface area (Å²) in [4.78, 5) is 24.8. The Labute approximate surface area is 115 Å². The molecule has 1 rings (SSSR count). The van der Waals surface area contributed by atoms with Crippen molar-refractivity contribution in [2.24, 2.45) is 5.73 Å². The molecule has 5 nitrogen and oxygen atoms in total. The molecule has 0 spiro atoms. The van der Waals surface area contributed by atoms with Crippen LogP contribution in [0.3, 0.4) is 0 Å². The van der Waals surface area contributed by atoms with Crippen molar-refractivity contribution < 1.29 is 9.59 Å². The van der Waals surface area contributed by atoms with Crippen LogP contribution in [-0.2, 0) is 9.59 Å².